The number of hydrogen-bond donors (Lipinski definition) is 0. The van der Waals surface area contributed by atoms with Gasteiger partial charge in [-0.25, -0.2) is 4.79 Å². The number of rotatable bonds is 4. The summed E-state index contributed by atoms with van der Waals surface area (Å²) in [6.45, 7) is 6.67. The predicted octanol–water partition coefficient (Wildman–Crippen LogP) is 1.55. The first kappa shape index (κ1) is 8.30. The molecule has 50 valence electrons. The topological polar surface area (TPSA) is 26.3 Å². The summed E-state index contributed by atoms with van der Waals surface area (Å²) in [5, 5.41) is 0. The molecule has 0 aliphatic rings. The molecule has 9 heavy (non-hydrogen) atoms. The molecule has 0 aliphatic carbocycles. The summed E-state index contributed by atoms with van der Waals surface area (Å²) in [4.78, 5) is 10.3. The largest absolute Gasteiger partial charge is 0.388 e. The molecule has 0 aromatic carbocycles. The van der Waals surface area contributed by atoms with Gasteiger partial charge in [-0.3, -0.25) is 0 Å². The zero-order chi connectivity index (χ0) is 7.11. The number of carbonyl (C=O) groups is 1. The van der Waals surface area contributed by atoms with Crippen LogP contribution < -0.4 is 0 Å². The quantitative estimate of drug-likeness (QED) is 0.259. The van der Waals surface area contributed by atoms with Crippen molar-refractivity contribution in [2.45, 2.75) is 0 Å². The molecule has 2 nitrogen and oxygen atoms in total. The van der Waals surface area contributed by atoms with E-state index in [2.05, 4.69) is 17.3 Å². The lowest BCUT2D eigenvalue weighted by atomic mass is 10.7. The molecule has 0 aromatic rings. The minimum atomic E-state index is -0.415. The van der Waals surface area contributed by atoms with E-state index < -0.39 is 5.97 Å². The van der Waals surface area contributed by atoms with Crippen LogP contribution in [0.2, 0.25) is 0 Å². The van der Waals surface area contributed by atoms with Gasteiger partial charge < -0.3 is 4.18 Å². The lowest BCUT2D eigenvalue weighted by molar-refractivity contribution is -0.127. The zero-order valence-electron chi connectivity index (χ0n) is 5.00. The SMILES string of the molecule is C=CCSOC(=O)C=C. The monoisotopic (exact) mass is 144 g/mol. The van der Waals surface area contributed by atoms with Gasteiger partial charge in [0.2, 0.25) is 0 Å². The smallest absolute Gasteiger partial charge is 0.342 e. The van der Waals surface area contributed by atoms with Crippen LogP contribution in [0.15, 0.2) is 25.3 Å². The molecule has 0 saturated carbocycles. The van der Waals surface area contributed by atoms with Crippen molar-refractivity contribution >= 4 is 18.0 Å². The molecule has 0 atom stereocenters. The first-order chi connectivity index (χ1) is 4.31. The van der Waals surface area contributed by atoms with E-state index >= 15 is 0 Å². The summed E-state index contributed by atoms with van der Waals surface area (Å²) in [7, 11) is 0. The van der Waals surface area contributed by atoms with Crippen LogP contribution in [0, 0.1) is 0 Å². The zero-order valence-corrected chi connectivity index (χ0v) is 5.82. The van der Waals surface area contributed by atoms with Crippen LogP contribution in [0.25, 0.3) is 0 Å². The molecule has 0 rings (SSSR count). The minimum Gasteiger partial charge on any atom is -0.388 e. The van der Waals surface area contributed by atoms with Crippen molar-refractivity contribution < 1.29 is 8.98 Å². The lowest BCUT2D eigenvalue weighted by Crippen LogP contribution is -1.91. The van der Waals surface area contributed by atoms with Crippen molar-refractivity contribution in [3.05, 3.63) is 25.3 Å². The summed E-state index contributed by atoms with van der Waals surface area (Å²) in [6.07, 6.45) is 2.77. The molecule has 0 aromatic heterocycles. The second-order valence-corrected chi connectivity index (χ2v) is 1.92. The second kappa shape index (κ2) is 5.44. The molecule has 0 saturated heterocycles. The molecule has 0 unspecified atom stereocenters. The molecule has 0 heterocycles. The second-order valence-electron chi connectivity index (χ2n) is 1.18. The molecule has 0 aliphatic heterocycles. The Morgan fingerprint density at radius 3 is 2.78 bits per heavy atom. The maximum Gasteiger partial charge on any atom is 0.342 e. The summed E-state index contributed by atoms with van der Waals surface area (Å²) in [5.74, 6) is 0.196. The number of carbonyl (C=O) groups excluding carboxylic acids is 1. The molecule has 0 fully saturated rings. The van der Waals surface area contributed by atoms with Crippen molar-refractivity contribution in [1.82, 2.24) is 0 Å². The third-order valence-corrected chi connectivity index (χ3v) is 1.15. The first-order valence-electron chi connectivity index (χ1n) is 2.38. The molecule has 0 bridgehead atoms. The Morgan fingerprint density at radius 1 is 1.67 bits per heavy atom. The van der Waals surface area contributed by atoms with E-state index in [1.165, 1.54) is 0 Å². The molecule has 0 spiro atoms. The van der Waals surface area contributed by atoms with Crippen molar-refractivity contribution in [3.63, 3.8) is 0 Å². The third-order valence-electron chi connectivity index (χ3n) is 0.494. The highest BCUT2D eigenvalue weighted by Gasteiger charge is 1.92. The minimum absolute atomic E-state index is 0.415. The normalized spacial score (nSPS) is 8.00. The molecular formula is C6H8O2S. The van der Waals surface area contributed by atoms with Crippen LogP contribution in [-0.2, 0) is 8.98 Å². The Hall–Kier alpha value is -0.700. The van der Waals surface area contributed by atoms with E-state index in [1.807, 2.05) is 0 Å². The fourth-order valence-corrected chi connectivity index (χ4v) is 0.523. The number of hydrogen-bond acceptors (Lipinski definition) is 3. The molecule has 3 heteroatoms. The van der Waals surface area contributed by atoms with Crippen LogP contribution in [0.4, 0.5) is 0 Å². The van der Waals surface area contributed by atoms with Crippen LogP contribution in [0.1, 0.15) is 0 Å². The van der Waals surface area contributed by atoms with Gasteiger partial charge in [0, 0.05) is 11.8 Å². The van der Waals surface area contributed by atoms with Crippen LogP contribution >= 0.6 is 12.0 Å². The Morgan fingerprint density at radius 2 is 2.33 bits per heavy atom. The van der Waals surface area contributed by atoms with Gasteiger partial charge in [-0.1, -0.05) is 12.7 Å². The van der Waals surface area contributed by atoms with Gasteiger partial charge in [-0.15, -0.1) is 6.58 Å². The van der Waals surface area contributed by atoms with E-state index in [-0.39, 0.29) is 0 Å². The maximum absolute atomic E-state index is 10.3. The van der Waals surface area contributed by atoms with Crippen LogP contribution in [0.5, 0.6) is 0 Å². The van der Waals surface area contributed by atoms with Gasteiger partial charge in [-0.2, -0.15) is 0 Å². The highest BCUT2D eigenvalue weighted by molar-refractivity contribution is 7.95. The first-order valence-corrected chi connectivity index (χ1v) is 3.29. The Bertz CT molecular complexity index is 120. The Labute approximate surface area is 58.8 Å². The van der Waals surface area contributed by atoms with E-state index in [4.69, 9.17) is 0 Å². The van der Waals surface area contributed by atoms with Gasteiger partial charge in [-0.05, 0) is 0 Å². The van der Waals surface area contributed by atoms with Gasteiger partial charge >= 0.3 is 5.97 Å². The standard InChI is InChI=1S/C6H8O2S/c1-3-5-9-8-6(7)4-2/h3-4H,1-2,5H2. The maximum atomic E-state index is 10.3. The predicted molar refractivity (Wildman–Crippen MR) is 38.9 cm³/mol. The van der Waals surface area contributed by atoms with Crippen molar-refractivity contribution in [2.75, 3.05) is 5.75 Å². The molecule has 0 N–H and O–H groups in total. The highest BCUT2D eigenvalue weighted by atomic mass is 32.2. The molecule has 0 radical (unpaired) electrons. The Kier molecular flexibility index (Phi) is 5.01. The van der Waals surface area contributed by atoms with E-state index in [1.54, 1.807) is 6.08 Å². The fraction of sp³-hybridized carbons (Fsp3) is 0.167. The van der Waals surface area contributed by atoms with Gasteiger partial charge in [0.05, 0.1) is 12.0 Å². The summed E-state index contributed by atoms with van der Waals surface area (Å²) >= 11 is 1.05. The average molecular weight is 144 g/mol. The average Bonchev–Trinajstić information content (AvgIpc) is 1.89. The van der Waals surface area contributed by atoms with Crippen molar-refractivity contribution in [1.29, 1.82) is 0 Å². The third kappa shape index (κ3) is 5.17. The van der Waals surface area contributed by atoms with Crippen LogP contribution in [-0.4, -0.2) is 11.7 Å². The Balaban J connectivity index is 3.16. The summed E-state index contributed by atoms with van der Waals surface area (Å²) < 4.78 is 4.52. The van der Waals surface area contributed by atoms with Gasteiger partial charge in [0.25, 0.3) is 0 Å². The fourth-order valence-electron chi connectivity index (χ4n) is 0.174. The van der Waals surface area contributed by atoms with Crippen molar-refractivity contribution in [2.24, 2.45) is 0 Å². The van der Waals surface area contributed by atoms with Gasteiger partial charge in [0.15, 0.2) is 0 Å². The molecular weight excluding hydrogens is 136 g/mol. The van der Waals surface area contributed by atoms with Gasteiger partial charge in [0.1, 0.15) is 0 Å². The van der Waals surface area contributed by atoms with E-state index in [0.717, 1.165) is 18.1 Å². The van der Waals surface area contributed by atoms with Crippen LogP contribution in [0.3, 0.4) is 0 Å². The van der Waals surface area contributed by atoms with E-state index in [9.17, 15) is 4.79 Å². The van der Waals surface area contributed by atoms with E-state index in [0.29, 0.717) is 5.75 Å². The van der Waals surface area contributed by atoms with Crippen molar-refractivity contribution in [3.8, 4) is 0 Å². The summed E-state index contributed by atoms with van der Waals surface area (Å²) in [6, 6.07) is 0. The lowest BCUT2D eigenvalue weighted by Gasteiger charge is -1.92. The summed E-state index contributed by atoms with van der Waals surface area (Å²) in [5.41, 5.74) is 0. The molecule has 0 amide bonds. The highest BCUT2D eigenvalue weighted by Crippen LogP contribution is 2.01.